The molecule has 0 aliphatic rings. The highest BCUT2D eigenvalue weighted by molar-refractivity contribution is 5.94. The molecule has 35 heavy (non-hydrogen) atoms. The van der Waals surface area contributed by atoms with E-state index in [4.69, 9.17) is 0 Å². The van der Waals surface area contributed by atoms with Crippen molar-refractivity contribution in [2.24, 2.45) is 0 Å². The molecule has 0 unspecified atom stereocenters. The van der Waals surface area contributed by atoms with Crippen molar-refractivity contribution in [3.63, 3.8) is 0 Å². The van der Waals surface area contributed by atoms with Crippen molar-refractivity contribution in [2.75, 3.05) is 10.6 Å². The van der Waals surface area contributed by atoms with Gasteiger partial charge in [-0.05, 0) is 18.1 Å². The Morgan fingerprint density at radius 1 is 0.914 bits per heavy atom. The van der Waals surface area contributed by atoms with Gasteiger partial charge in [-0.25, -0.2) is 22.0 Å². The Labute approximate surface area is 195 Å². The Bertz CT molecular complexity index is 1500. The SMILES string of the molecule is CCc1cc(=O)c2c(NCc3ccccc3)c(F)c(F)c(F)c2n1-c1cc(NC=O)c(F)cc1F. The Balaban J connectivity index is 2.07. The highest BCUT2D eigenvalue weighted by Gasteiger charge is 2.27. The molecule has 0 radical (unpaired) electrons. The minimum absolute atomic E-state index is 0.0226. The van der Waals surface area contributed by atoms with Gasteiger partial charge >= 0.3 is 0 Å². The zero-order valence-corrected chi connectivity index (χ0v) is 18.3. The van der Waals surface area contributed by atoms with E-state index in [-0.39, 0.29) is 25.1 Å². The van der Waals surface area contributed by atoms with Crippen molar-refractivity contribution in [2.45, 2.75) is 19.9 Å². The monoisotopic (exact) mass is 487 g/mol. The minimum Gasteiger partial charge on any atom is -0.378 e. The fourth-order valence-electron chi connectivity index (χ4n) is 3.90. The lowest BCUT2D eigenvalue weighted by Crippen LogP contribution is -2.19. The van der Waals surface area contributed by atoms with Crippen LogP contribution in [0.3, 0.4) is 0 Å². The van der Waals surface area contributed by atoms with Crippen molar-refractivity contribution in [1.82, 2.24) is 4.57 Å². The maximum absolute atomic E-state index is 15.2. The number of benzene rings is 3. The van der Waals surface area contributed by atoms with Crippen LogP contribution in [0.25, 0.3) is 16.6 Å². The van der Waals surface area contributed by atoms with Crippen LogP contribution in [0.1, 0.15) is 18.2 Å². The van der Waals surface area contributed by atoms with Crippen LogP contribution in [-0.2, 0) is 17.8 Å². The molecule has 1 aromatic heterocycles. The summed E-state index contributed by atoms with van der Waals surface area (Å²) < 4.78 is 74.8. The second-order valence-corrected chi connectivity index (χ2v) is 7.61. The summed E-state index contributed by atoms with van der Waals surface area (Å²) in [5.74, 6) is -7.49. The number of amides is 1. The average Bonchev–Trinajstić information content (AvgIpc) is 2.85. The number of aryl methyl sites for hydroxylation is 1. The molecule has 1 heterocycles. The maximum Gasteiger partial charge on any atom is 0.211 e. The Morgan fingerprint density at radius 3 is 2.29 bits per heavy atom. The molecular formula is C25H18F5N3O2. The number of anilines is 2. The van der Waals surface area contributed by atoms with Crippen LogP contribution in [0, 0.1) is 29.1 Å². The number of nitrogens with zero attached hydrogens (tertiary/aromatic N) is 1. The zero-order valence-electron chi connectivity index (χ0n) is 18.3. The van der Waals surface area contributed by atoms with E-state index >= 15 is 4.39 Å². The molecule has 2 N–H and O–H groups in total. The van der Waals surface area contributed by atoms with Gasteiger partial charge in [-0.3, -0.25) is 9.59 Å². The summed E-state index contributed by atoms with van der Waals surface area (Å²) >= 11 is 0. The first kappa shape index (κ1) is 23.9. The molecule has 0 fully saturated rings. The Morgan fingerprint density at radius 2 is 1.63 bits per heavy atom. The van der Waals surface area contributed by atoms with Crippen LogP contribution in [-0.4, -0.2) is 11.0 Å². The van der Waals surface area contributed by atoms with Crippen LogP contribution in [0.4, 0.5) is 33.3 Å². The first-order chi connectivity index (χ1) is 16.8. The number of halogens is 5. The van der Waals surface area contributed by atoms with Gasteiger partial charge in [0, 0.05) is 24.4 Å². The van der Waals surface area contributed by atoms with E-state index in [1.807, 2.05) is 0 Å². The quantitative estimate of drug-likeness (QED) is 0.208. The summed E-state index contributed by atoms with van der Waals surface area (Å²) in [6.45, 7) is 1.56. The van der Waals surface area contributed by atoms with Gasteiger partial charge in [0.05, 0.1) is 28.0 Å². The third-order valence-electron chi connectivity index (χ3n) is 5.52. The second-order valence-electron chi connectivity index (χ2n) is 7.61. The van der Waals surface area contributed by atoms with Crippen molar-refractivity contribution in [3.8, 4) is 5.69 Å². The van der Waals surface area contributed by atoms with E-state index in [0.29, 0.717) is 11.6 Å². The van der Waals surface area contributed by atoms with E-state index in [1.165, 1.54) is 0 Å². The van der Waals surface area contributed by atoms with Gasteiger partial charge in [0.1, 0.15) is 11.6 Å². The standard InChI is InChI=1S/C25H18F5N3O2/c1-2-14-8-19(35)20-24(31-11-13-6-4-3-5-7-13)22(29)21(28)23(30)25(20)33(14)18-10-17(32-12-34)15(26)9-16(18)27/h3-10,12,31H,2,11H2,1H3,(H,32,34). The fourth-order valence-corrected chi connectivity index (χ4v) is 3.90. The molecule has 0 saturated heterocycles. The normalized spacial score (nSPS) is 11.0. The second kappa shape index (κ2) is 9.57. The summed E-state index contributed by atoms with van der Waals surface area (Å²) in [4.78, 5) is 23.8. The minimum atomic E-state index is -1.87. The van der Waals surface area contributed by atoms with Crippen molar-refractivity contribution in [1.29, 1.82) is 0 Å². The van der Waals surface area contributed by atoms with E-state index in [0.717, 1.165) is 16.7 Å². The lowest BCUT2D eigenvalue weighted by molar-refractivity contribution is -0.105. The van der Waals surface area contributed by atoms with Gasteiger partial charge < -0.3 is 15.2 Å². The summed E-state index contributed by atoms with van der Waals surface area (Å²) in [7, 11) is 0. The summed E-state index contributed by atoms with van der Waals surface area (Å²) in [5, 5.41) is 4.15. The van der Waals surface area contributed by atoms with E-state index < -0.39 is 62.5 Å². The van der Waals surface area contributed by atoms with Gasteiger partial charge in [0.25, 0.3) is 0 Å². The lowest BCUT2D eigenvalue weighted by atomic mass is 10.1. The number of carbonyl (C=O) groups excluding carboxylic acids is 1. The molecule has 0 saturated carbocycles. The van der Waals surface area contributed by atoms with Crippen molar-refractivity contribution < 1.29 is 26.7 Å². The van der Waals surface area contributed by atoms with E-state index in [9.17, 15) is 27.2 Å². The first-order valence-electron chi connectivity index (χ1n) is 10.5. The molecule has 0 atom stereocenters. The van der Waals surface area contributed by atoms with Crippen LogP contribution >= 0.6 is 0 Å². The highest BCUT2D eigenvalue weighted by atomic mass is 19.2. The van der Waals surface area contributed by atoms with Gasteiger partial charge in [-0.2, -0.15) is 0 Å². The van der Waals surface area contributed by atoms with Crippen LogP contribution in [0.2, 0.25) is 0 Å². The summed E-state index contributed by atoms with van der Waals surface area (Å²) in [6.07, 6.45) is 0.217. The molecule has 3 aromatic carbocycles. The predicted octanol–water partition coefficient (Wildman–Crippen LogP) is 5.43. The smallest absolute Gasteiger partial charge is 0.211 e. The predicted molar refractivity (Wildman–Crippen MR) is 122 cm³/mol. The van der Waals surface area contributed by atoms with Gasteiger partial charge in [-0.15, -0.1) is 0 Å². The van der Waals surface area contributed by atoms with Crippen LogP contribution in [0.5, 0.6) is 0 Å². The van der Waals surface area contributed by atoms with Gasteiger partial charge in [0.2, 0.25) is 6.41 Å². The third kappa shape index (κ3) is 4.23. The molecule has 4 aromatic rings. The summed E-state index contributed by atoms with van der Waals surface area (Å²) in [6, 6.07) is 11.0. The molecule has 0 aliphatic heterocycles. The van der Waals surface area contributed by atoms with E-state index in [2.05, 4.69) is 10.6 Å². The molecule has 0 spiro atoms. The van der Waals surface area contributed by atoms with Gasteiger partial charge in [-0.1, -0.05) is 37.3 Å². The van der Waals surface area contributed by atoms with Crippen molar-refractivity contribution in [3.05, 3.63) is 99.1 Å². The largest absolute Gasteiger partial charge is 0.378 e. The fraction of sp³-hybridized carbons (Fsp3) is 0.120. The van der Waals surface area contributed by atoms with E-state index in [1.54, 1.807) is 37.3 Å². The van der Waals surface area contributed by atoms with Crippen molar-refractivity contribution >= 4 is 28.7 Å². The zero-order chi connectivity index (χ0) is 25.3. The third-order valence-corrected chi connectivity index (χ3v) is 5.52. The molecule has 10 heteroatoms. The number of hydrogen-bond donors (Lipinski definition) is 2. The van der Waals surface area contributed by atoms with Crippen LogP contribution < -0.4 is 16.1 Å². The number of pyridine rings is 1. The molecule has 180 valence electrons. The number of carbonyl (C=O) groups is 1. The number of nitrogens with one attached hydrogen (secondary N) is 2. The van der Waals surface area contributed by atoms with Gasteiger partial charge in [0.15, 0.2) is 22.9 Å². The Hall–Kier alpha value is -4.21. The topological polar surface area (TPSA) is 63.1 Å². The Kier molecular flexibility index (Phi) is 6.54. The number of aromatic nitrogens is 1. The number of rotatable bonds is 7. The molecule has 0 aliphatic carbocycles. The molecule has 0 bridgehead atoms. The molecule has 4 rings (SSSR count). The molecular weight excluding hydrogens is 469 g/mol. The molecule has 5 nitrogen and oxygen atoms in total. The lowest BCUT2D eigenvalue weighted by Gasteiger charge is -2.21. The number of fused-ring (bicyclic) bond motifs is 1. The highest BCUT2D eigenvalue weighted by Crippen LogP contribution is 2.34. The summed E-state index contributed by atoms with van der Waals surface area (Å²) in [5.41, 5.74) is -2.35. The number of hydrogen-bond acceptors (Lipinski definition) is 3. The average molecular weight is 487 g/mol. The maximum atomic E-state index is 15.2. The first-order valence-corrected chi connectivity index (χ1v) is 10.5. The molecule has 1 amide bonds. The van der Waals surface area contributed by atoms with Crippen LogP contribution in [0.15, 0.2) is 53.3 Å².